The molecular formula is C21H16N6O. The lowest BCUT2D eigenvalue weighted by Crippen LogP contribution is -2.25. The first-order valence-electron chi connectivity index (χ1n) is 8.93. The zero-order valence-corrected chi connectivity index (χ0v) is 15.1. The Morgan fingerprint density at radius 1 is 0.964 bits per heavy atom. The predicted octanol–water partition coefficient (Wildman–Crippen LogP) is 2.88. The van der Waals surface area contributed by atoms with Gasteiger partial charge in [0.05, 0.1) is 23.9 Å². The maximum atomic E-state index is 13.0. The molecule has 0 unspecified atom stereocenters. The van der Waals surface area contributed by atoms with Crippen LogP contribution in [0.1, 0.15) is 11.3 Å². The van der Waals surface area contributed by atoms with E-state index in [0.717, 1.165) is 27.8 Å². The molecule has 0 atom stereocenters. The highest BCUT2D eigenvalue weighted by Crippen LogP contribution is 2.19. The summed E-state index contributed by atoms with van der Waals surface area (Å²) < 4.78 is 3.00. The Balaban J connectivity index is 1.62. The molecule has 0 aliphatic carbocycles. The number of aromatic nitrogens is 6. The van der Waals surface area contributed by atoms with E-state index in [1.807, 2.05) is 67.6 Å². The van der Waals surface area contributed by atoms with Gasteiger partial charge in [-0.25, -0.2) is 9.36 Å². The van der Waals surface area contributed by atoms with E-state index in [1.165, 1.54) is 4.68 Å². The normalized spacial score (nSPS) is 11.3. The zero-order valence-electron chi connectivity index (χ0n) is 15.1. The van der Waals surface area contributed by atoms with Crippen molar-refractivity contribution < 1.29 is 0 Å². The minimum Gasteiger partial charge on any atom is -0.267 e. The van der Waals surface area contributed by atoms with E-state index < -0.39 is 0 Å². The molecule has 3 heterocycles. The molecule has 0 aliphatic rings. The first-order valence-corrected chi connectivity index (χ1v) is 8.93. The third-order valence-electron chi connectivity index (χ3n) is 4.71. The van der Waals surface area contributed by atoms with Crippen LogP contribution >= 0.6 is 0 Å². The molecule has 0 radical (unpaired) electrons. The van der Waals surface area contributed by atoms with Crippen LogP contribution in [0.4, 0.5) is 0 Å². The molecule has 5 rings (SSSR count). The fraction of sp³-hybridized carbons (Fsp3) is 0.0952. The Morgan fingerprint density at radius 2 is 1.75 bits per heavy atom. The molecule has 0 spiro atoms. The molecule has 0 fully saturated rings. The van der Waals surface area contributed by atoms with Crippen molar-refractivity contribution in [2.75, 3.05) is 0 Å². The second-order valence-electron chi connectivity index (χ2n) is 6.62. The number of hydrogen-bond donors (Lipinski definition) is 0. The van der Waals surface area contributed by atoms with Crippen LogP contribution < -0.4 is 5.56 Å². The van der Waals surface area contributed by atoms with Gasteiger partial charge >= 0.3 is 0 Å². The maximum absolute atomic E-state index is 13.0. The van der Waals surface area contributed by atoms with E-state index in [0.29, 0.717) is 17.6 Å². The van der Waals surface area contributed by atoms with Gasteiger partial charge in [0.1, 0.15) is 5.39 Å². The predicted molar refractivity (Wildman–Crippen MR) is 107 cm³/mol. The Kier molecular flexibility index (Phi) is 3.72. The maximum Gasteiger partial charge on any atom is 0.281 e. The topological polar surface area (TPSA) is 78.5 Å². The number of rotatable bonds is 3. The standard InChI is InChI=1S/C21H16N6O/c1-14-11-15(17-9-5-6-10-19(17)23-14)13-26-21(28)18-12-22-27(20(18)24-25-26)16-7-3-2-4-8-16/h2-12H,13H2,1H3. The van der Waals surface area contributed by atoms with Crippen molar-refractivity contribution in [3.05, 3.63) is 88.5 Å². The Labute approximate surface area is 159 Å². The summed E-state index contributed by atoms with van der Waals surface area (Å²) >= 11 is 0. The molecule has 0 saturated carbocycles. The molecule has 0 amide bonds. The van der Waals surface area contributed by atoms with Gasteiger partial charge in [0.25, 0.3) is 5.56 Å². The fourth-order valence-electron chi connectivity index (χ4n) is 3.41. The van der Waals surface area contributed by atoms with Crippen LogP contribution in [0, 0.1) is 6.92 Å². The molecule has 5 aromatic rings. The highest BCUT2D eigenvalue weighted by Gasteiger charge is 2.14. The number of nitrogens with zero attached hydrogens (tertiary/aromatic N) is 6. The molecule has 3 aromatic heterocycles. The van der Waals surface area contributed by atoms with Crippen LogP contribution in [0.25, 0.3) is 27.6 Å². The largest absolute Gasteiger partial charge is 0.281 e. The molecule has 7 heteroatoms. The average molecular weight is 368 g/mol. The summed E-state index contributed by atoms with van der Waals surface area (Å²) in [5.74, 6) is 0. The summed E-state index contributed by atoms with van der Waals surface area (Å²) in [4.78, 5) is 17.5. The number of hydrogen-bond acceptors (Lipinski definition) is 5. The van der Waals surface area contributed by atoms with Gasteiger partial charge in [-0.3, -0.25) is 9.78 Å². The first kappa shape index (κ1) is 16.3. The van der Waals surface area contributed by atoms with Gasteiger partial charge in [0, 0.05) is 11.1 Å². The van der Waals surface area contributed by atoms with Gasteiger partial charge in [-0.2, -0.15) is 5.10 Å². The van der Waals surface area contributed by atoms with Crippen molar-refractivity contribution in [2.45, 2.75) is 13.5 Å². The van der Waals surface area contributed by atoms with Crippen molar-refractivity contribution in [3.63, 3.8) is 0 Å². The summed E-state index contributed by atoms with van der Waals surface area (Å²) in [6.07, 6.45) is 1.55. The molecule has 0 aliphatic heterocycles. The smallest absolute Gasteiger partial charge is 0.267 e. The summed E-state index contributed by atoms with van der Waals surface area (Å²) in [7, 11) is 0. The van der Waals surface area contributed by atoms with Gasteiger partial charge in [0.15, 0.2) is 5.65 Å². The monoisotopic (exact) mass is 368 g/mol. The molecule has 136 valence electrons. The van der Waals surface area contributed by atoms with Crippen LogP contribution in [0.15, 0.2) is 71.7 Å². The van der Waals surface area contributed by atoms with Crippen molar-refractivity contribution >= 4 is 21.9 Å². The van der Waals surface area contributed by atoms with E-state index in [4.69, 9.17) is 0 Å². The molecule has 0 saturated heterocycles. The molecule has 0 bridgehead atoms. The van der Waals surface area contributed by atoms with Crippen LogP contribution in [0.2, 0.25) is 0 Å². The lowest BCUT2D eigenvalue weighted by atomic mass is 10.1. The third kappa shape index (κ3) is 2.64. The first-order chi connectivity index (χ1) is 13.7. The van der Waals surface area contributed by atoms with E-state index >= 15 is 0 Å². The van der Waals surface area contributed by atoms with Crippen LogP contribution in [-0.4, -0.2) is 29.8 Å². The van der Waals surface area contributed by atoms with Gasteiger partial charge in [-0.05, 0) is 36.8 Å². The molecule has 7 nitrogen and oxygen atoms in total. The minimum absolute atomic E-state index is 0.217. The number of fused-ring (bicyclic) bond motifs is 2. The van der Waals surface area contributed by atoms with Crippen LogP contribution in [-0.2, 0) is 6.54 Å². The lowest BCUT2D eigenvalue weighted by molar-refractivity contribution is 0.599. The molecule has 0 N–H and O–H groups in total. The van der Waals surface area contributed by atoms with E-state index in [2.05, 4.69) is 20.4 Å². The van der Waals surface area contributed by atoms with E-state index in [9.17, 15) is 4.79 Å². The third-order valence-corrected chi connectivity index (χ3v) is 4.71. The molecular weight excluding hydrogens is 352 g/mol. The summed E-state index contributed by atoms with van der Waals surface area (Å²) in [5.41, 5.74) is 3.84. The van der Waals surface area contributed by atoms with E-state index in [1.54, 1.807) is 10.9 Å². The lowest BCUT2D eigenvalue weighted by Gasteiger charge is -2.09. The summed E-state index contributed by atoms with van der Waals surface area (Å²) in [5, 5.41) is 14.2. The van der Waals surface area contributed by atoms with Crippen molar-refractivity contribution in [2.24, 2.45) is 0 Å². The second-order valence-corrected chi connectivity index (χ2v) is 6.62. The zero-order chi connectivity index (χ0) is 19.1. The number of benzene rings is 2. The Morgan fingerprint density at radius 3 is 2.61 bits per heavy atom. The van der Waals surface area contributed by atoms with Gasteiger partial charge in [0.2, 0.25) is 0 Å². The SMILES string of the molecule is Cc1cc(Cn2nnc3c(cnn3-c3ccccc3)c2=O)c2ccccc2n1. The molecule has 28 heavy (non-hydrogen) atoms. The second kappa shape index (κ2) is 6.38. The highest BCUT2D eigenvalue weighted by molar-refractivity contribution is 5.82. The number of aryl methyl sites for hydroxylation is 1. The van der Waals surface area contributed by atoms with Crippen molar-refractivity contribution in [3.8, 4) is 5.69 Å². The molecule has 2 aromatic carbocycles. The van der Waals surface area contributed by atoms with Crippen molar-refractivity contribution in [1.29, 1.82) is 0 Å². The quantitative estimate of drug-likeness (QED) is 0.489. The average Bonchev–Trinajstić information content (AvgIpc) is 3.15. The van der Waals surface area contributed by atoms with Gasteiger partial charge in [-0.1, -0.05) is 41.6 Å². The summed E-state index contributed by atoms with van der Waals surface area (Å²) in [6, 6.07) is 19.4. The number of pyridine rings is 1. The Hall–Kier alpha value is -3.87. The number of para-hydroxylation sites is 2. The van der Waals surface area contributed by atoms with E-state index in [-0.39, 0.29) is 5.56 Å². The van der Waals surface area contributed by atoms with Crippen molar-refractivity contribution in [1.82, 2.24) is 29.8 Å². The van der Waals surface area contributed by atoms with Crippen LogP contribution in [0.5, 0.6) is 0 Å². The van der Waals surface area contributed by atoms with Gasteiger partial charge < -0.3 is 0 Å². The summed E-state index contributed by atoms with van der Waals surface area (Å²) in [6.45, 7) is 2.26. The minimum atomic E-state index is -0.217. The van der Waals surface area contributed by atoms with Gasteiger partial charge in [-0.15, -0.1) is 5.10 Å². The van der Waals surface area contributed by atoms with Crippen LogP contribution in [0.3, 0.4) is 0 Å². The Bertz CT molecular complexity index is 1370. The highest BCUT2D eigenvalue weighted by atomic mass is 16.1. The fourth-order valence-corrected chi connectivity index (χ4v) is 3.41.